The minimum Gasteiger partial charge on any atom is -0.394 e. The second-order valence-corrected chi connectivity index (χ2v) is 5.32. The summed E-state index contributed by atoms with van der Waals surface area (Å²) in [4.78, 5) is 0. The Bertz CT molecular complexity index is 501. The second-order valence-electron chi connectivity index (χ2n) is 4.54. The number of aryl methyl sites for hydroxylation is 2. The molecule has 18 heavy (non-hydrogen) atoms. The molecule has 0 aliphatic heterocycles. The average molecular weight is 264 g/mol. The van der Waals surface area contributed by atoms with E-state index in [-0.39, 0.29) is 0 Å². The predicted molar refractivity (Wildman–Crippen MR) is 78.2 cm³/mol. The fraction of sp³-hybridized carbons (Fsp3) is 0.462. The van der Waals surface area contributed by atoms with Gasteiger partial charge in [-0.05, 0) is 49.6 Å². The third-order valence-corrected chi connectivity index (χ3v) is 3.71. The molecule has 1 unspecified atom stereocenters. The molecule has 98 valence electrons. The Balaban J connectivity index is 2.09. The molecule has 2 heterocycles. The van der Waals surface area contributed by atoms with Crippen molar-refractivity contribution < 1.29 is 0 Å². The smallest absolute Gasteiger partial charge is 0.148 e. The Hall–Kier alpha value is -1.49. The molecule has 0 aromatic carbocycles. The van der Waals surface area contributed by atoms with Crippen molar-refractivity contribution in [3.63, 3.8) is 0 Å². The van der Waals surface area contributed by atoms with Gasteiger partial charge in [-0.15, -0.1) is 0 Å². The van der Waals surface area contributed by atoms with E-state index >= 15 is 0 Å². The summed E-state index contributed by atoms with van der Waals surface area (Å²) in [6, 6.07) is 2.50. The Kier molecular flexibility index (Phi) is 3.91. The number of hydrogen-bond acceptors (Lipinski definition) is 4. The van der Waals surface area contributed by atoms with Gasteiger partial charge >= 0.3 is 0 Å². The molecule has 1 atom stereocenters. The predicted octanol–water partition coefficient (Wildman–Crippen LogP) is 2.90. The SMILES string of the molecule is CCn1nc(C)c(N)c1NC(C)Cc1ccsc1. The zero-order valence-corrected chi connectivity index (χ0v) is 11.9. The lowest BCUT2D eigenvalue weighted by atomic mass is 10.1. The van der Waals surface area contributed by atoms with Crippen LogP contribution >= 0.6 is 11.3 Å². The molecule has 0 radical (unpaired) electrons. The van der Waals surface area contributed by atoms with Gasteiger partial charge in [0.05, 0.1) is 11.4 Å². The Morgan fingerprint density at radius 2 is 2.33 bits per heavy atom. The number of hydrogen-bond donors (Lipinski definition) is 2. The molecule has 0 spiro atoms. The van der Waals surface area contributed by atoms with E-state index in [1.54, 1.807) is 11.3 Å². The molecular weight excluding hydrogens is 244 g/mol. The summed E-state index contributed by atoms with van der Waals surface area (Å²) in [7, 11) is 0. The van der Waals surface area contributed by atoms with E-state index < -0.39 is 0 Å². The van der Waals surface area contributed by atoms with Gasteiger partial charge in [-0.25, -0.2) is 4.68 Å². The van der Waals surface area contributed by atoms with Crippen LogP contribution in [0, 0.1) is 6.92 Å². The van der Waals surface area contributed by atoms with E-state index in [2.05, 4.69) is 41.1 Å². The molecule has 0 saturated heterocycles. The molecule has 0 bridgehead atoms. The number of aromatic nitrogens is 2. The lowest BCUT2D eigenvalue weighted by Crippen LogP contribution is -2.21. The number of nitrogen functional groups attached to an aromatic ring is 1. The molecule has 3 N–H and O–H groups in total. The summed E-state index contributed by atoms with van der Waals surface area (Å²) in [5, 5.41) is 12.2. The normalized spacial score (nSPS) is 12.6. The molecule has 0 amide bonds. The third-order valence-electron chi connectivity index (χ3n) is 2.98. The van der Waals surface area contributed by atoms with Crippen molar-refractivity contribution in [3.8, 4) is 0 Å². The molecule has 0 aliphatic carbocycles. The van der Waals surface area contributed by atoms with Crippen LogP contribution in [0.25, 0.3) is 0 Å². The first-order valence-electron chi connectivity index (χ1n) is 6.22. The number of nitrogens with one attached hydrogen (secondary N) is 1. The van der Waals surface area contributed by atoms with Crippen LogP contribution in [0.2, 0.25) is 0 Å². The van der Waals surface area contributed by atoms with Crippen LogP contribution < -0.4 is 11.1 Å². The first kappa shape index (κ1) is 13.0. The molecule has 2 aromatic rings. The summed E-state index contributed by atoms with van der Waals surface area (Å²) in [6.45, 7) is 7.00. The highest BCUT2D eigenvalue weighted by Gasteiger charge is 2.13. The first-order chi connectivity index (χ1) is 8.61. The van der Waals surface area contributed by atoms with E-state index in [0.717, 1.165) is 30.2 Å². The maximum atomic E-state index is 6.06. The standard InChI is InChI=1S/C13H20N4S/c1-4-17-13(12(14)10(3)16-17)15-9(2)7-11-5-6-18-8-11/h5-6,8-9,15H,4,7,14H2,1-3H3. The van der Waals surface area contributed by atoms with Gasteiger partial charge in [-0.1, -0.05) is 0 Å². The molecule has 0 saturated carbocycles. The van der Waals surface area contributed by atoms with E-state index in [1.807, 2.05) is 11.6 Å². The van der Waals surface area contributed by atoms with Crippen LogP contribution in [-0.4, -0.2) is 15.8 Å². The van der Waals surface area contributed by atoms with Gasteiger partial charge in [-0.2, -0.15) is 16.4 Å². The van der Waals surface area contributed by atoms with Gasteiger partial charge in [-0.3, -0.25) is 0 Å². The Labute approximate surface area is 112 Å². The summed E-state index contributed by atoms with van der Waals surface area (Å²) in [5.74, 6) is 0.942. The van der Waals surface area contributed by atoms with Crippen molar-refractivity contribution in [2.45, 2.75) is 39.8 Å². The topological polar surface area (TPSA) is 55.9 Å². The van der Waals surface area contributed by atoms with Crippen molar-refractivity contribution in [1.29, 1.82) is 0 Å². The summed E-state index contributed by atoms with van der Waals surface area (Å²) < 4.78 is 1.93. The highest BCUT2D eigenvalue weighted by atomic mass is 32.1. The fourth-order valence-electron chi connectivity index (χ4n) is 2.02. The highest BCUT2D eigenvalue weighted by molar-refractivity contribution is 7.07. The number of thiophene rings is 1. The number of anilines is 2. The minimum atomic E-state index is 0.336. The van der Waals surface area contributed by atoms with Crippen molar-refractivity contribution >= 4 is 22.8 Å². The van der Waals surface area contributed by atoms with Crippen molar-refractivity contribution in [3.05, 3.63) is 28.1 Å². The Morgan fingerprint density at radius 3 is 2.94 bits per heavy atom. The van der Waals surface area contributed by atoms with E-state index in [0.29, 0.717) is 6.04 Å². The average Bonchev–Trinajstić information content (AvgIpc) is 2.92. The van der Waals surface area contributed by atoms with Crippen molar-refractivity contribution in [2.75, 3.05) is 11.1 Å². The van der Waals surface area contributed by atoms with Crippen LogP contribution in [0.3, 0.4) is 0 Å². The van der Waals surface area contributed by atoms with Gasteiger partial charge in [0.2, 0.25) is 0 Å². The molecule has 5 heteroatoms. The molecule has 4 nitrogen and oxygen atoms in total. The van der Waals surface area contributed by atoms with Crippen molar-refractivity contribution in [2.24, 2.45) is 0 Å². The van der Waals surface area contributed by atoms with Crippen molar-refractivity contribution in [1.82, 2.24) is 9.78 Å². The molecule has 0 fully saturated rings. The van der Waals surface area contributed by atoms with Crippen LogP contribution in [0.1, 0.15) is 25.1 Å². The van der Waals surface area contributed by atoms with Crippen LogP contribution in [-0.2, 0) is 13.0 Å². The minimum absolute atomic E-state index is 0.336. The number of rotatable bonds is 5. The van der Waals surface area contributed by atoms with E-state index in [9.17, 15) is 0 Å². The summed E-state index contributed by atoms with van der Waals surface area (Å²) in [6.07, 6.45) is 0.997. The number of nitrogens with two attached hydrogens (primary N) is 1. The van der Waals surface area contributed by atoms with E-state index in [4.69, 9.17) is 5.73 Å². The quantitative estimate of drug-likeness (QED) is 0.873. The molecule has 0 aliphatic rings. The fourth-order valence-corrected chi connectivity index (χ4v) is 2.70. The lowest BCUT2D eigenvalue weighted by Gasteiger charge is -2.16. The van der Waals surface area contributed by atoms with Gasteiger partial charge in [0.1, 0.15) is 5.82 Å². The molecular formula is C13H20N4S. The maximum absolute atomic E-state index is 6.06. The van der Waals surface area contributed by atoms with Gasteiger partial charge in [0, 0.05) is 12.6 Å². The number of nitrogens with zero attached hydrogens (tertiary/aromatic N) is 2. The van der Waals surface area contributed by atoms with Gasteiger partial charge in [0.25, 0.3) is 0 Å². The van der Waals surface area contributed by atoms with Gasteiger partial charge in [0.15, 0.2) is 0 Å². The summed E-state index contributed by atoms with van der Waals surface area (Å²) >= 11 is 1.73. The first-order valence-corrected chi connectivity index (χ1v) is 7.16. The zero-order chi connectivity index (χ0) is 13.1. The second kappa shape index (κ2) is 5.44. The lowest BCUT2D eigenvalue weighted by molar-refractivity contribution is 0.647. The van der Waals surface area contributed by atoms with Crippen LogP contribution in [0.4, 0.5) is 11.5 Å². The Morgan fingerprint density at radius 1 is 1.56 bits per heavy atom. The zero-order valence-electron chi connectivity index (χ0n) is 11.1. The highest BCUT2D eigenvalue weighted by Crippen LogP contribution is 2.23. The van der Waals surface area contributed by atoms with Crippen LogP contribution in [0.5, 0.6) is 0 Å². The molecule has 2 rings (SSSR count). The third kappa shape index (κ3) is 2.67. The largest absolute Gasteiger partial charge is 0.394 e. The molecule has 2 aromatic heterocycles. The summed E-state index contributed by atoms with van der Waals surface area (Å²) in [5.41, 5.74) is 9.07. The maximum Gasteiger partial charge on any atom is 0.148 e. The van der Waals surface area contributed by atoms with Gasteiger partial charge < -0.3 is 11.1 Å². The monoisotopic (exact) mass is 264 g/mol. The van der Waals surface area contributed by atoms with E-state index in [1.165, 1.54) is 5.56 Å². The van der Waals surface area contributed by atoms with Crippen LogP contribution in [0.15, 0.2) is 16.8 Å².